The third kappa shape index (κ3) is 4.48. The van der Waals surface area contributed by atoms with Gasteiger partial charge in [0, 0.05) is 16.2 Å². The predicted molar refractivity (Wildman–Crippen MR) is 94.7 cm³/mol. The molecule has 2 amide bonds. The van der Waals surface area contributed by atoms with E-state index in [1.54, 1.807) is 36.4 Å². The third-order valence-corrected chi connectivity index (χ3v) is 3.89. The number of ether oxygens (including phenoxy) is 2. The zero-order valence-corrected chi connectivity index (χ0v) is 14.8. The second kappa shape index (κ2) is 8.35. The van der Waals surface area contributed by atoms with Crippen molar-refractivity contribution < 1.29 is 19.1 Å². The normalized spacial score (nSPS) is 9.96. The molecular formula is C17H17BrN2O4. The van der Waals surface area contributed by atoms with Gasteiger partial charge in [-0.3, -0.25) is 9.59 Å². The summed E-state index contributed by atoms with van der Waals surface area (Å²) in [4.78, 5) is 24.0. The highest BCUT2D eigenvalue weighted by atomic mass is 79.9. The van der Waals surface area contributed by atoms with E-state index >= 15 is 0 Å². The van der Waals surface area contributed by atoms with Crippen molar-refractivity contribution in [3.05, 3.63) is 52.5 Å². The maximum Gasteiger partial charge on any atom is 0.252 e. The summed E-state index contributed by atoms with van der Waals surface area (Å²) in [5.41, 5.74) is 1.02. The van der Waals surface area contributed by atoms with E-state index in [1.165, 1.54) is 14.2 Å². The van der Waals surface area contributed by atoms with Crippen molar-refractivity contribution in [2.75, 3.05) is 26.1 Å². The summed E-state index contributed by atoms with van der Waals surface area (Å²) in [6, 6.07) is 12.0. The lowest BCUT2D eigenvalue weighted by atomic mass is 10.2. The summed E-state index contributed by atoms with van der Waals surface area (Å²) >= 11 is 3.30. The first-order valence-corrected chi connectivity index (χ1v) is 7.89. The second-order valence-corrected chi connectivity index (χ2v) is 5.63. The van der Waals surface area contributed by atoms with E-state index < -0.39 is 0 Å². The second-order valence-electron chi connectivity index (χ2n) is 4.78. The van der Waals surface area contributed by atoms with Gasteiger partial charge in [-0.15, -0.1) is 0 Å². The Kier molecular flexibility index (Phi) is 6.20. The van der Waals surface area contributed by atoms with Crippen LogP contribution in [0, 0.1) is 0 Å². The summed E-state index contributed by atoms with van der Waals surface area (Å²) in [7, 11) is 3.05. The molecule has 0 aliphatic rings. The van der Waals surface area contributed by atoms with Crippen molar-refractivity contribution >= 4 is 33.4 Å². The highest BCUT2D eigenvalue weighted by Crippen LogP contribution is 2.29. The van der Waals surface area contributed by atoms with Gasteiger partial charge >= 0.3 is 0 Å². The van der Waals surface area contributed by atoms with Gasteiger partial charge in [0.25, 0.3) is 5.91 Å². The number of halogens is 1. The molecule has 0 fully saturated rings. The number of anilines is 1. The van der Waals surface area contributed by atoms with Crippen molar-refractivity contribution in [1.29, 1.82) is 0 Å². The number of carbonyl (C=O) groups excluding carboxylic acids is 2. The van der Waals surface area contributed by atoms with Crippen LogP contribution in [0.4, 0.5) is 5.69 Å². The molecule has 0 aliphatic carbocycles. The molecule has 0 unspecified atom stereocenters. The van der Waals surface area contributed by atoms with Gasteiger partial charge in [0.15, 0.2) is 11.5 Å². The number of amides is 2. The van der Waals surface area contributed by atoms with Gasteiger partial charge in [-0.1, -0.05) is 12.1 Å². The molecule has 2 rings (SSSR count). The molecule has 0 aromatic heterocycles. The monoisotopic (exact) mass is 392 g/mol. The van der Waals surface area contributed by atoms with Crippen LogP contribution in [0.2, 0.25) is 0 Å². The molecule has 0 radical (unpaired) electrons. The van der Waals surface area contributed by atoms with E-state index in [2.05, 4.69) is 26.6 Å². The summed E-state index contributed by atoms with van der Waals surface area (Å²) in [5.74, 6) is 0.401. The number of methoxy groups -OCH3 is 2. The topological polar surface area (TPSA) is 76.7 Å². The number of nitrogens with one attached hydrogen (secondary N) is 2. The van der Waals surface area contributed by atoms with Crippen LogP contribution >= 0.6 is 15.9 Å². The van der Waals surface area contributed by atoms with Gasteiger partial charge in [-0.05, 0) is 40.2 Å². The summed E-state index contributed by atoms with van der Waals surface area (Å²) in [6.45, 7) is -0.144. The molecule has 0 spiro atoms. The summed E-state index contributed by atoms with van der Waals surface area (Å²) in [5, 5.41) is 5.26. The molecule has 7 heteroatoms. The lowest BCUT2D eigenvalue weighted by Gasteiger charge is -2.11. The fraction of sp³-hybridized carbons (Fsp3) is 0.176. The van der Waals surface area contributed by atoms with Crippen LogP contribution in [-0.4, -0.2) is 32.6 Å². The predicted octanol–water partition coefficient (Wildman–Crippen LogP) is 2.83. The molecule has 24 heavy (non-hydrogen) atoms. The smallest absolute Gasteiger partial charge is 0.252 e. The lowest BCUT2D eigenvalue weighted by molar-refractivity contribution is -0.115. The van der Waals surface area contributed by atoms with E-state index in [9.17, 15) is 9.59 Å². The molecule has 2 aromatic rings. The Morgan fingerprint density at radius 1 is 1.04 bits per heavy atom. The molecular weight excluding hydrogens is 376 g/mol. The first-order chi connectivity index (χ1) is 11.5. The van der Waals surface area contributed by atoms with Crippen LogP contribution < -0.4 is 20.1 Å². The van der Waals surface area contributed by atoms with E-state index in [4.69, 9.17) is 9.47 Å². The maximum absolute atomic E-state index is 12.0. The Morgan fingerprint density at radius 3 is 2.42 bits per heavy atom. The fourth-order valence-corrected chi connectivity index (χ4v) is 2.49. The Morgan fingerprint density at radius 2 is 1.75 bits per heavy atom. The quantitative estimate of drug-likeness (QED) is 0.792. The number of hydrogen-bond donors (Lipinski definition) is 2. The first-order valence-electron chi connectivity index (χ1n) is 7.09. The average Bonchev–Trinajstić information content (AvgIpc) is 2.60. The van der Waals surface area contributed by atoms with Gasteiger partial charge in [0.2, 0.25) is 5.91 Å². The Hall–Kier alpha value is -2.54. The minimum atomic E-state index is -0.345. The number of hydrogen-bond acceptors (Lipinski definition) is 4. The third-order valence-electron chi connectivity index (χ3n) is 3.20. The van der Waals surface area contributed by atoms with Crippen molar-refractivity contribution in [2.45, 2.75) is 0 Å². The minimum absolute atomic E-state index is 0.144. The van der Waals surface area contributed by atoms with Crippen molar-refractivity contribution in [1.82, 2.24) is 5.32 Å². The number of carbonyl (C=O) groups is 2. The largest absolute Gasteiger partial charge is 0.493 e. The molecule has 0 atom stereocenters. The maximum atomic E-state index is 12.0. The molecule has 126 valence electrons. The van der Waals surface area contributed by atoms with Crippen LogP contribution in [0.1, 0.15) is 10.4 Å². The van der Waals surface area contributed by atoms with Gasteiger partial charge in [-0.25, -0.2) is 0 Å². The molecule has 0 aliphatic heterocycles. The van der Waals surface area contributed by atoms with Crippen LogP contribution in [-0.2, 0) is 4.79 Å². The van der Waals surface area contributed by atoms with E-state index in [0.29, 0.717) is 27.2 Å². The van der Waals surface area contributed by atoms with Gasteiger partial charge in [0.05, 0.1) is 26.3 Å². The first kappa shape index (κ1) is 17.8. The molecule has 2 aromatic carbocycles. The van der Waals surface area contributed by atoms with E-state index in [1.807, 2.05) is 6.07 Å². The lowest BCUT2D eigenvalue weighted by Crippen LogP contribution is -2.33. The van der Waals surface area contributed by atoms with Crippen molar-refractivity contribution in [3.8, 4) is 11.5 Å². The van der Waals surface area contributed by atoms with Gasteiger partial charge in [-0.2, -0.15) is 0 Å². The molecule has 2 N–H and O–H groups in total. The fourth-order valence-electron chi connectivity index (χ4n) is 2.02. The zero-order valence-electron chi connectivity index (χ0n) is 13.3. The standard InChI is InChI=1S/C17H17BrN2O4/c1-23-14-8-7-11(9-15(14)24-2)20-16(21)10-19-17(22)12-5-3-4-6-13(12)18/h3-9H,10H2,1-2H3,(H,19,22)(H,20,21). The van der Waals surface area contributed by atoms with Crippen molar-refractivity contribution in [2.24, 2.45) is 0 Å². The van der Waals surface area contributed by atoms with Gasteiger partial charge < -0.3 is 20.1 Å². The minimum Gasteiger partial charge on any atom is -0.493 e. The average molecular weight is 393 g/mol. The molecule has 6 nitrogen and oxygen atoms in total. The van der Waals surface area contributed by atoms with Crippen LogP contribution in [0.3, 0.4) is 0 Å². The Labute approximate surface area is 148 Å². The van der Waals surface area contributed by atoms with Crippen molar-refractivity contribution in [3.63, 3.8) is 0 Å². The van der Waals surface area contributed by atoms with E-state index in [-0.39, 0.29) is 18.4 Å². The molecule has 0 saturated heterocycles. The molecule has 0 saturated carbocycles. The Balaban J connectivity index is 1.94. The zero-order chi connectivity index (χ0) is 17.5. The summed E-state index contributed by atoms with van der Waals surface area (Å²) < 4.78 is 11.0. The van der Waals surface area contributed by atoms with Gasteiger partial charge in [0.1, 0.15) is 0 Å². The SMILES string of the molecule is COc1ccc(NC(=O)CNC(=O)c2ccccc2Br)cc1OC. The Bertz CT molecular complexity index is 749. The number of rotatable bonds is 6. The van der Waals surface area contributed by atoms with Crippen LogP contribution in [0.15, 0.2) is 46.9 Å². The molecule has 0 heterocycles. The van der Waals surface area contributed by atoms with Crippen LogP contribution in [0.5, 0.6) is 11.5 Å². The molecule has 0 bridgehead atoms. The summed E-state index contributed by atoms with van der Waals surface area (Å²) in [6.07, 6.45) is 0. The van der Waals surface area contributed by atoms with E-state index in [0.717, 1.165) is 0 Å². The highest BCUT2D eigenvalue weighted by molar-refractivity contribution is 9.10. The number of benzene rings is 2. The van der Waals surface area contributed by atoms with Crippen LogP contribution in [0.25, 0.3) is 0 Å². The highest BCUT2D eigenvalue weighted by Gasteiger charge is 2.11.